The summed E-state index contributed by atoms with van der Waals surface area (Å²) in [6, 6.07) is 1.43. The molecule has 158 valence electrons. The quantitative estimate of drug-likeness (QED) is 0.196. The third-order valence-electron chi connectivity index (χ3n) is 3.92. The van der Waals surface area contributed by atoms with E-state index in [0.717, 1.165) is 4.90 Å². The van der Waals surface area contributed by atoms with E-state index in [9.17, 15) is 36.1 Å². The van der Waals surface area contributed by atoms with E-state index >= 15 is 0 Å². The summed E-state index contributed by atoms with van der Waals surface area (Å²) in [5.41, 5.74) is 0.283. The van der Waals surface area contributed by atoms with Crippen LogP contribution in [0.2, 0.25) is 0 Å². The van der Waals surface area contributed by atoms with Crippen molar-refractivity contribution in [2.24, 2.45) is 0 Å². The first-order chi connectivity index (χ1) is 13.1. The van der Waals surface area contributed by atoms with Gasteiger partial charge in [0.1, 0.15) is 0 Å². The van der Waals surface area contributed by atoms with Gasteiger partial charge in [-0.2, -0.15) is 8.78 Å². The summed E-state index contributed by atoms with van der Waals surface area (Å²) in [6.45, 7) is 0.984. The molecule has 0 unspecified atom stereocenters. The normalized spacial score (nSPS) is 15.4. The molecule has 2 rings (SSSR count). The highest BCUT2D eigenvalue weighted by Crippen LogP contribution is 2.38. The van der Waals surface area contributed by atoms with E-state index in [1.165, 1.54) is 19.9 Å². The Kier molecular flexibility index (Phi) is 7.33. The van der Waals surface area contributed by atoms with Gasteiger partial charge in [-0.3, -0.25) is 9.59 Å². The van der Waals surface area contributed by atoms with E-state index in [1.807, 2.05) is 22.6 Å². The third kappa shape index (κ3) is 4.59. The maximum atomic E-state index is 13.3. The van der Waals surface area contributed by atoms with Gasteiger partial charge in [0.05, 0.1) is 14.8 Å². The van der Waals surface area contributed by atoms with Gasteiger partial charge in [-0.05, 0) is 87.7 Å². The maximum Gasteiger partial charge on any atom is 0.367 e. The molecule has 0 atom stereocenters. The standard InChI is InChI=1S/C15H10F2I3NO7S/c1-5-6(2)13(23)21(12(5)22)11-8(19)3-7(18)9(10(11)20)14(24)28-4-15(16,17)29(25,26)27/h3H,4H2,1-2H3,(H,25,26,27)/p-1. The first kappa shape index (κ1) is 24.8. The molecule has 1 aromatic rings. The zero-order valence-corrected chi connectivity index (χ0v) is 21.7. The fraction of sp³-hybridized carbons (Fsp3) is 0.267. The van der Waals surface area contributed by atoms with E-state index in [4.69, 9.17) is 0 Å². The molecule has 8 nitrogen and oxygen atoms in total. The van der Waals surface area contributed by atoms with Crippen molar-refractivity contribution < 1.29 is 40.9 Å². The van der Waals surface area contributed by atoms with Crippen LogP contribution in [-0.4, -0.2) is 42.6 Å². The zero-order valence-electron chi connectivity index (χ0n) is 14.4. The molecule has 1 aromatic carbocycles. The molecule has 1 aliphatic rings. The highest BCUT2D eigenvalue weighted by atomic mass is 127. The number of imide groups is 1. The number of hydrogen-bond acceptors (Lipinski definition) is 7. The van der Waals surface area contributed by atoms with Gasteiger partial charge < -0.3 is 9.29 Å². The van der Waals surface area contributed by atoms with Crippen molar-refractivity contribution >= 4 is 101 Å². The summed E-state index contributed by atoms with van der Waals surface area (Å²) in [6.07, 6.45) is 0. The van der Waals surface area contributed by atoms with Crippen molar-refractivity contribution in [2.45, 2.75) is 19.1 Å². The number of ether oxygens (including phenoxy) is 1. The van der Waals surface area contributed by atoms with E-state index < -0.39 is 39.8 Å². The van der Waals surface area contributed by atoms with Crippen LogP contribution in [-0.2, 0) is 24.4 Å². The minimum absolute atomic E-state index is 0.0707. The number of carbonyl (C=O) groups excluding carboxylic acids is 3. The maximum absolute atomic E-state index is 13.3. The summed E-state index contributed by atoms with van der Waals surface area (Å²) in [5.74, 6) is -2.51. The van der Waals surface area contributed by atoms with Gasteiger partial charge in [-0.25, -0.2) is 18.1 Å². The molecule has 0 saturated carbocycles. The minimum atomic E-state index is -6.02. The van der Waals surface area contributed by atoms with Crippen LogP contribution in [0.1, 0.15) is 24.2 Å². The van der Waals surface area contributed by atoms with Crippen LogP contribution in [0.5, 0.6) is 0 Å². The molecule has 0 N–H and O–H groups in total. The summed E-state index contributed by atoms with van der Waals surface area (Å²) < 4.78 is 63.4. The van der Waals surface area contributed by atoms with Gasteiger partial charge in [-0.1, -0.05) is 0 Å². The summed E-state index contributed by atoms with van der Waals surface area (Å²) >= 11 is 5.24. The predicted octanol–water partition coefficient (Wildman–Crippen LogP) is 3.00. The van der Waals surface area contributed by atoms with Crippen LogP contribution in [0.4, 0.5) is 14.5 Å². The second kappa shape index (κ2) is 8.58. The number of rotatable bonds is 5. The van der Waals surface area contributed by atoms with E-state index in [-0.39, 0.29) is 29.5 Å². The van der Waals surface area contributed by atoms with Crippen LogP contribution >= 0.6 is 67.8 Å². The largest absolute Gasteiger partial charge is 0.743 e. The van der Waals surface area contributed by atoms with Crippen LogP contribution in [0, 0.1) is 10.7 Å². The Morgan fingerprint density at radius 2 is 1.62 bits per heavy atom. The monoisotopic (exact) mass is 766 g/mol. The van der Waals surface area contributed by atoms with Crippen molar-refractivity contribution in [3.05, 3.63) is 33.5 Å². The van der Waals surface area contributed by atoms with Gasteiger partial charge >= 0.3 is 11.2 Å². The van der Waals surface area contributed by atoms with Crippen LogP contribution in [0.3, 0.4) is 0 Å². The van der Waals surface area contributed by atoms with Gasteiger partial charge in [0.15, 0.2) is 16.7 Å². The molecule has 1 heterocycles. The number of amides is 2. The second-order valence-electron chi connectivity index (χ2n) is 5.74. The molecular weight excluding hydrogens is 757 g/mol. The average Bonchev–Trinajstić information content (AvgIpc) is 2.76. The number of alkyl halides is 2. The van der Waals surface area contributed by atoms with Crippen LogP contribution in [0.25, 0.3) is 0 Å². The molecule has 0 radical (unpaired) electrons. The smallest absolute Gasteiger partial charge is 0.367 e. The summed E-state index contributed by atoms with van der Waals surface area (Å²) in [4.78, 5) is 38.2. The minimum Gasteiger partial charge on any atom is -0.743 e. The van der Waals surface area contributed by atoms with Crippen molar-refractivity contribution in [3.63, 3.8) is 0 Å². The summed E-state index contributed by atoms with van der Waals surface area (Å²) in [7, 11) is -6.02. The highest BCUT2D eigenvalue weighted by Gasteiger charge is 2.41. The molecule has 0 spiro atoms. The molecule has 0 fully saturated rings. The average molecular weight is 766 g/mol. The lowest BCUT2D eigenvalue weighted by Crippen LogP contribution is -2.35. The Hall–Kier alpha value is -0.470. The fourth-order valence-corrected chi connectivity index (χ4v) is 6.71. The molecule has 0 saturated heterocycles. The van der Waals surface area contributed by atoms with Crippen LogP contribution in [0.15, 0.2) is 17.2 Å². The van der Waals surface area contributed by atoms with Gasteiger partial charge in [-0.15, -0.1) is 0 Å². The number of nitrogens with zero attached hydrogens (tertiary/aromatic N) is 1. The van der Waals surface area contributed by atoms with E-state index in [1.54, 1.807) is 45.2 Å². The second-order valence-corrected chi connectivity index (χ2v) is 10.6. The Bertz CT molecular complexity index is 1060. The van der Waals surface area contributed by atoms with E-state index in [2.05, 4.69) is 4.74 Å². The van der Waals surface area contributed by atoms with Gasteiger partial charge in [0.25, 0.3) is 11.8 Å². The topological polar surface area (TPSA) is 121 Å². The molecule has 29 heavy (non-hydrogen) atoms. The number of esters is 1. The lowest BCUT2D eigenvalue weighted by atomic mass is 10.2. The van der Waals surface area contributed by atoms with Crippen molar-refractivity contribution in [1.82, 2.24) is 0 Å². The Labute approximate surface area is 204 Å². The lowest BCUT2D eigenvalue weighted by molar-refractivity contribution is -0.120. The molecule has 0 aliphatic carbocycles. The third-order valence-corrected chi connectivity index (χ3v) is 7.49. The Morgan fingerprint density at radius 3 is 2.07 bits per heavy atom. The molecule has 0 bridgehead atoms. The predicted molar refractivity (Wildman–Crippen MR) is 120 cm³/mol. The Balaban J connectivity index is 2.49. The molecular formula is C15H9F2I3NO7S-. The van der Waals surface area contributed by atoms with Crippen molar-refractivity contribution in [2.75, 3.05) is 11.5 Å². The number of benzene rings is 1. The first-order valence-electron chi connectivity index (χ1n) is 7.36. The lowest BCUT2D eigenvalue weighted by Gasteiger charge is -2.22. The highest BCUT2D eigenvalue weighted by molar-refractivity contribution is 14.1. The SMILES string of the molecule is CC1=C(C)C(=O)N(c2c(I)cc(I)c(C(=O)OCC(F)(F)S(=O)(=O)[O-])c2I)C1=O. The van der Waals surface area contributed by atoms with Gasteiger partial charge in [0.2, 0.25) is 0 Å². The van der Waals surface area contributed by atoms with Crippen molar-refractivity contribution in [1.29, 1.82) is 0 Å². The van der Waals surface area contributed by atoms with Gasteiger partial charge in [0, 0.05) is 18.3 Å². The number of anilines is 1. The molecule has 1 aliphatic heterocycles. The Morgan fingerprint density at radius 1 is 1.14 bits per heavy atom. The number of halogens is 5. The molecule has 14 heteroatoms. The summed E-state index contributed by atoms with van der Waals surface area (Å²) in [5, 5.41) is -4.80. The first-order valence-corrected chi connectivity index (χ1v) is 12.0. The number of carbonyl (C=O) groups is 3. The van der Waals surface area contributed by atoms with Crippen molar-refractivity contribution in [3.8, 4) is 0 Å². The molecule has 0 aromatic heterocycles. The van der Waals surface area contributed by atoms with E-state index in [0.29, 0.717) is 3.57 Å². The zero-order chi connectivity index (χ0) is 22.5. The fourth-order valence-electron chi connectivity index (χ4n) is 2.22. The molecule has 2 amide bonds. The number of hydrogen-bond donors (Lipinski definition) is 0. The van der Waals surface area contributed by atoms with Crippen LogP contribution < -0.4 is 4.90 Å².